The fourth-order valence-electron chi connectivity index (χ4n) is 2.17. The fraction of sp³-hybridized carbons (Fsp3) is 0.214. The molecule has 1 aliphatic rings. The molecule has 1 N–H and O–H groups in total. The minimum absolute atomic E-state index is 0.128. The molecule has 0 fully saturated rings. The van der Waals surface area contributed by atoms with Crippen molar-refractivity contribution in [1.82, 2.24) is 4.98 Å². The minimum atomic E-state index is -3.71. The highest BCUT2D eigenvalue weighted by molar-refractivity contribution is 7.92. The monoisotopic (exact) mass is 324 g/mol. The van der Waals surface area contributed by atoms with E-state index in [4.69, 9.17) is 16.3 Å². The van der Waals surface area contributed by atoms with Crippen LogP contribution in [0.4, 0.5) is 5.69 Å². The third-order valence-corrected chi connectivity index (χ3v) is 4.95. The Morgan fingerprint density at radius 2 is 2.14 bits per heavy atom. The number of aromatic nitrogens is 1. The third-order valence-electron chi connectivity index (χ3n) is 3.32. The molecule has 1 aromatic carbocycles. The zero-order valence-corrected chi connectivity index (χ0v) is 12.8. The predicted octanol–water partition coefficient (Wildman–Crippen LogP) is 2.78. The van der Waals surface area contributed by atoms with Crippen LogP contribution >= 0.6 is 11.6 Å². The zero-order chi connectivity index (χ0) is 15.0. The fourth-order valence-corrected chi connectivity index (χ4v) is 3.67. The molecule has 0 amide bonds. The van der Waals surface area contributed by atoms with E-state index in [0.29, 0.717) is 24.3 Å². The van der Waals surface area contributed by atoms with Crippen LogP contribution in [0.2, 0.25) is 5.15 Å². The highest BCUT2D eigenvalue weighted by Crippen LogP contribution is 2.30. The van der Waals surface area contributed by atoms with Gasteiger partial charge in [-0.2, -0.15) is 0 Å². The summed E-state index contributed by atoms with van der Waals surface area (Å²) in [5.74, 6) is 0.740. The summed E-state index contributed by atoms with van der Waals surface area (Å²) in [6, 6.07) is 6.52. The second kappa shape index (κ2) is 5.20. The van der Waals surface area contributed by atoms with Crippen LogP contribution in [0.25, 0.3) is 0 Å². The number of hydrogen-bond donors (Lipinski definition) is 1. The van der Waals surface area contributed by atoms with Gasteiger partial charge < -0.3 is 4.74 Å². The van der Waals surface area contributed by atoms with Gasteiger partial charge in [-0.25, -0.2) is 13.4 Å². The number of pyridine rings is 1. The van der Waals surface area contributed by atoms with Crippen LogP contribution in [-0.4, -0.2) is 20.0 Å². The lowest BCUT2D eigenvalue weighted by molar-refractivity contribution is 0.356. The van der Waals surface area contributed by atoms with Crippen LogP contribution < -0.4 is 9.46 Å². The molecule has 0 radical (unpaired) electrons. The molecule has 0 saturated heterocycles. The molecule has 7 heteroatoms. The Balaban J connectivity index is 1.98. The maximum absolute atomic E-state index is 12.5. The highest BCUT2D eigenvalue weighted by atomic mass is 35.5. The van der Waals surface area contributed by atoms with Gasteiger partial charge in [0.2, 0.25) is 0 Å². The Kier molecular flexibility index (Phi) is 3.51. The van der Waals surface area contributed by atoms with Crippen LogP contribution in [0, 0.1) is 6.92 Å². The van der Waals surface area contributed by atoms with Crippen molar-refractivity contribution in [2.75, 3.05) is 11.3 Å². The summed E-state index contributed by atoms with van der Waals surface area (Å²) in [7, 11) is -3.71. The summed E-state index contributed by atoms with van der Waals surface area (Å²) >= 11 is 5.96. The van der Waals surface area contributed by atoms with Crippen molar-refractivity contribution in [2.45, 2.75) is 18.2 Å². The van der Waals surface area contributed by atoms with E-state index < -0.39 is 10.0 Å². The van der Waals surface area contributed by atoms with Crippen molar-refractivity contribution >= 4 is 27.3 Å². The van der Waals surface area contributed by atoms with Crippen molar-refractivity contribution in [3.05, 3.63) is 46.7 Å². The summed E-state index contributed by atoms with van der Waals surface area (Å²) in [5, 5.41) is 0.128. The molecule has 1 aliphatic heterocycles. The molecule has 0 saturated carbocycles. The van der Waals surface area contributed by atoms with E-state index in [1.54, 1.807) is 25.1 Å². The summed E-state index contributed by atoms with van der Waals surface area (Å²) in [6.07, 6.45) is 2.24. The molecule has 2 heterocycles. The topological polar surface area (TPSA) is 68.3 Å². The lowest BCUT2D eigenvalue weighted by Gasteiger charge is -2.12. The Hall–Kier alpha value is -1.79. The van der Waals surface area contributed by atoms with Crippen molar-refractivity contribution in [3.63, 3.8) is 0 Å². The van der Waals surface area contributed by atoms with Gasteiger partial charge >= 0.3 is 0 Å². The van der Waals surface area contributed by atoms with Crippen LogP contribution in [0.5, 0.6) is 5.75 Å². The van der Waals surface area contributed by atoms with Gasteiger partial charge in [0.1, 0.15) is 5.75 Å². The molecular weight excluding hydrogens is 312 g/mol. The maximum Gasteiger partial charge on any atom is 0.262 e. The number of aryl methyl sites for hydroxylation is 1. The van der Waals surface area contributed by atoms with Gasteiger partial charge in [0.25, 0.3) is 10.0 Å². The van der Waals surface area contributed by atoms with E-state index in [2.05, 4.69) is 9.71 Å². The lowest BCUT2D eigenvalue weighted by Crippen LogP contribution is -2.14. The number of halogens is 1. The van der Waals surface area contributed by atoms with Crippen molar-refractivity contribution in [1.29, 1.82) is 0 Å². The van der Waals surface area contributed by atoms with Gasteiger partial charge in [-0.05, 0) is 42.3 Å². The predicted molar refractivity (Wildman–Crippen MR) is 80.4 cm³/mol. The van der Waals surface area contributed by atoms with E-state index in [9.17, 15) is 8.42 Å². The molecule has 0 bridgehead atoms. The number of benzene rings is 1. The van der Waals surface area contributed by atoms with E-state index in [0.717, 1.165) is 11.3 Å². The summed E-state index contributed by atoms with van der Waals surface area (Å²) in [4.78, 5) is 4.08. The second-order valence-corrected chi connectivity index (χ2v) is 6.81. The Morgan fingerprint density at radius 3 is 2.90 bits per heavy atom. The summed E-state index contributed by atoms with van der Waals surface area (Å²) < 4.78 is 32.8. The SMILES string of the molecule is Cc1ccnc(Cl)c1NS(=O)(=O)c1ccc2c(c1)CCO2. The van der Waals surface area contributed by atoms with Crippen molar-refractivity contribution in [3.8, 4) is 5.75 Å². The van der Waals surface area contributed by atoms with E-state index in [1.165, 1.54) is 12.3 Å². The van der Waals surface area contributed by atoms with Crippen LogP contribution in [0.1, 0.15) is 11.1 Å². The molecule has 0 spiro atoms. The van der Waals surface area contributed by atoms with Crippen LogP contribution in [-0.2, 0) is 16.4 Å². The highest BCUT2D eigenvalue weighted by Gasteiger charge is 2.21. The molecule has 1 aromatic heterocycles. The Labute approximate surface area is 128 Å². The number of hydrogen-bond acceptors (Lipinski definition) is 4. The maximum atomic E-state index is 12.5. The molecule has 0 aliphatic carbocycles. The summed E-state index contributed by atoms with van der Waals surface area (Å²) in [5.41, 5.74) is 1.91. The first-order valence-electron chi connectivity index (χ1n) is 6.37. The average Bonchev–Trinajstić information content (AvgIpc) is 2.90. The van der Waals surface area contributed by atoms with E-state index >= 15 is 0 Å². The summed E-state index contributed by atoms with van der Waals surface area (Å²) in [6.45, 7) is 2.35. The first kappa shape index (κ1) is 14.2. The van der Waals surface area contributed by atoms with Crippen molar-refractivity contribution in [2.24, 2.45) is 0 Å². The Bertz CT molecular complexity index is 786. The number of anilines is 1. The lowest BCUT2D eigenvalue weighted by atomic mass is 10.2. The molecule has 110 valence electrons. The number of fused-ring (bicyclic) bond motifs is 1. The van der Waals surface area contributed by atoms with Crippen molar-refractivity contribution < 1.29 is 13.2 Å². The van der Waals surface area contributed by atoms with E-state index in [1.807, 2.05) is 0 Å². The van der Waals surface area contributed by atoms with Gasteiger partial charge in [-0.3, -0.25) is 4.72 Å². The number of nitrogens with zero attached hydrogens (tertiary/aromatic N) is 1. The third kappa shape index (κ3) is 2.69. The first-order chi connectivity index (χ1) is 9.97. The standard InChI is InChI=1S/C14H13ClN2O3S/c1-9-4-6-16-14(15)13(9)17-21(18,19)11-2-3-12-10(8-11)5-7-20-12/h2-4,6,8,17H,5,7H2,1H3. The molecule has 2 aromatic rings. The zero-order valence-electron chi connectivity index (χ0n) is 11.3. The Morgan fingerprint density at radius 1 is 1.33 bits per heavy atom. The number of nitrogens with one attached hydrogen (secondary N) is 1. The number of sulfonamides is 1. The van der Waals surface area contributed by atoms with Gasteiger partial charge in [0.05, 0.1) is 17.2 Å². The molecule has 3 rings (SSSR count). The number of ether oxygens (including phenoxy) is 1. The number of rotatable bonds is 3. The largest absolute Gasteiger partial charge is 0.493 e. The molecular formula is C14H13ClN2O3S. The van der Waals surface area contributed by atoms with Gasteiger partial charge in [-0.1, -0.05) is 11.6 Å². The van der Waals surface area contributed by atoms with Gasteiger partial charge in [-0.15, -0.1) is 0 Å². The average molecular weight is 325 g/mol. The second-order valence-electron chi connectivity index (χ2n) is 4.77. The van der Waals surface area contributed by atoms with Crippen LogP contribution in [0.3, 0.4) is 0 Å². The van der Waals surface area contributed by atoms with Gasteiger partial charge in [0, 0.05) is 12.6 Å². The molecule has 5 nitrogen and oxygen atoms in total. The first-order valence-corrected chi connectivity index (χ1v) is 8.23. The van der Waals surface area contributed by atoms with Gasteiger partial charge in [0.15, 0.2) is 5.15 Å². The van der Waals surface area contributed by atoms with Crippen LogP contribution in [0.15, 0.2) is 35.4 Å². The molecule has 0 unspecified atom stereocenters. The smallest absolute Gasteiger partial charge is 0.262 e. The quantitative estimate of drug-likeness (QED) is 0.881. The van der Waals surface area contributed by atoms with E-state index in [-0.39, 0.29) is 10.0 Å². The molecule has 21 heavy (non-hydrogen) atoms. The normalized spacial score (nSPS) is 13.6. The molecule has 0 atom stereocenters. The minimum Gasteiger partial charge on any atom is -0.493 e.